The van der Waals surface area contributed by atoms with Gasteiger partial charge in [0.1, 0.15) is 0 Å². The molecule has 1 aromatic rings. The molecule has 0 saturated carbocycles. The van der Waals surface area contributed by atoms with Gasteiger partial charge < -0.3 is 15.1 Å². The maximum absolute atomic E-state index is 12.4. The van der Waals surface area contributed by atoms with Gasteiger partial charge in [-0.2, -0.15) is 0 Å². The molecule has 2 aliphatic rings. The molecule has 0 bridgehead atoms. The largest absolute Gasteiger partial charge is 0.340 e. The minimum Gasteiger partial charge on any atom is -0.340 e. The topological polar surface area (TPSA) is 61.4 Å². The fourth-order valence-electron chi connectivity index (χ4n) is 2.91. The summed E-state index contributed by atoms with van der Waals surface area (Å²) in [6.07, 6.45) is 6.57. The Morgan fingerprint density at radius 3 is 2.75 bits per heavy atom. The third-order valence-electron chi connectivity index (χ3n) is 4.00. The Morgan fingerprint density at radius 2 is 2.00 bits per heavy atom. The maximum Gasteiger partial charge on any atom is 0.239 e. The molecule has 0 spiro atoms. The number of carbonyl (C=O) groups is 1. The van der Waals surface area contributed by atoms with Gasteiger partial charge in [-0.25, -0.2) is 9.97 Å². The van der Waals surface area contributed by atoms with Gasteiger partial charge in [0.05, 0.1) is 6.04 Å². The fourth-order valence-corrected chi connectivity index (χ4v) is 2.91. The lowest BCUT2D eigenvalue weighted by atomic mass is 10.2. The predicted octanol–water partition coefficient (Wildman–Crippen LogP) is 0.267. The number of hydrogen-bond donors (Lipinski definition) is 1. The molecule has 3 heterocycles. The number of carbonyl (C=O) groups excluding carboxylic acids is 1. The Kier molecular flexibility index (Phi) is 4.11. The number of nitrogens with zero attached hydrogens (tertiary/aromatic N) is 4. The van der Waals surface area contributed by atoms with Crippen molar-refractivity contribution in [3.63, 3.8) is 0 Å². The highest BCUT2D eigenvalue weighted by Crippen LogP contribution is 2.13. The molecule has 1 atom stereocenters. The maximum atomic E-state index is 12.4. The van der Waals surface area contributed by atoms with Gasteiger partial charge in [0.15, 0.2) is 0 Å². The first-order chi connectivity index (χ1) is 9.84. The highest BCUT2D eigenvalue weighted by atomic mass is 16.2. The second kappa shape index (κ2) is 6.17. The fraction of sp³-hybridized carbons (Fsp3) is 0.643. The summed E-state index contributed by atoms with van der Waals surface area (Å²) < 4.78 is 0. The molecule has 20 heavy (non-hydrogen) atoms. The Hall–Kier alpha value is -1.69. The molecule has 0 aromatic carbocycles. The van der Waals surface area contributed by atoms with Gasteiger partial charge in [0.25, 0.3) is 0 Å². The minimum absolute atomic E-state index is 0.0366. The van der Waals surface area contributed by atoms with E-state index >= 15 is 0 Å². The number of nitrogens with one attached hydrogen (secondary N) is 1. The number of aromatic nitrogens is 2. The summed E-state index contributed by atoms with van der Waals surface area (Å²) in [5.41, 5.74) is 0. The van der Waals surface area contributed by atoms with Crippen LogP contribution in [0.4, 0.5) is 5.95 Å². The zero-order chi connectivity index (χ0) is 13.8. The Balaban J connectivity index is 1.60. The van der Waals surface area contributed by atoms with Gasteiger partial charge in [0.2, 0.25) is 11.9 Å². The molecule has 2 saturated heterocycles. The molecular weight excluding hydrogens is 254 g/mol. The first kappa shape index (κ1) is 13.3. The van der Waals surface area contributed by atoms with Crippen molar-refractivity contribution in [2.24, 2.45) is 0 Å². The van der Waals surface area contributed by atoms with Crippen LogP contribution in [0.5, 0.6) is 0 Å². The van der Waals surface area contributed by atoms with Crippen molar-refractivity contribution in [1.29, 1.82) is 0 Å². The normalized spacial score (nSPS) is 23.7. The zero-order valence-electron chi connectivity index (χ0n) is 11.7. The molecule has 3 rings (SSSR count). The molecule has 1 amide bonds. The van der Waals surface area contributed by atoms with Gasteiger partial charge in [0, 0.05) is 38.6 Å². The van der Waals surface area contributed by atoms with E-state index in [1.165, 1.54) is 0 Å². The molecule has 108 valence electrons. The number of rotatable bonds is 2. The Labute approximate surface area is 119 Å². The van der Waals surface area contributed by atoms with Crippen LogP contribution in [0.3, 0.4) is 0 Å². The second-order valence-electron chi connectivity index (χ2n) is 5.36. The highest BCUT2D eigenvalue weighted by Gasteiger charge is 2.28. The number of amides is 1. The Morgan fingerprint density at radius 1 is 1.15 bits per heavy atom. The molecule has 2 aliphatic heterocycles. The third kappa shape index (κ3) is 2.90. The van der Waals surface area contributed by atoms with Crippen LogP contribution in [-0.2, 0) is 4.79 Å². The van der Waals surface area contributed by atoms with Crippen LogP contribution in [0.1, 0.15) is 19.3 Å². The summed E-state index contributed by atoms with van der Waals surface area (Å²) in [4.78, 5) is 25.1. The van der Waals surface area contributed by atoms with Crippen molar-refractivity contribution >= 4 is 11.9 Å². The summed E-state index contributed by atoms with van der Waals surface area (Å²) in [6.45, 7) is 4.28. The van der Waals surface area contributed by atoms with E-state index < -0.39 is 0 Å². The first-order valence-corrected chi connectivity index (χ1v) is 7.39. The molecule has 2 fully saturated rings. The molecule has 1 N–H and O–H groups in total. The first-order valence-electron chi connectivity index (χ1n) is 7.39. The van der Waals surface area contributed by atoms with Crippen LogP contribution in [-0.4, -0.2) is 59.5 Å². The molecular formula is C14H21N5O. The predicted molar refractivity (Wildman–Crippen MR) is 76.5 cm³/mol. The van der Waals surface area contributed by atoms with E-state index in [4.69, 9.17) is 0 Å². The summed E-state index contributed by atoms with van der Waals surface area (Å²) in [5.74, 6) is 1.03. The SMILES string of the molecule is O=C(C1CCCN1)N1CCCN(c2ncccn2)CC1. The summed E-state index contributed by atoms with van der Waals surface area (Å²) in [6, 6.07) is 1.86. The molecule has 1 unspecified atom stereocenters. The van der Waals surface area contributed by atoms with E-state index in [1.54, 1.807) is 12.4 Å². The van der Waals surface area contributed by atoms with Crippen molar-refractivity contribution in [3.8, 4) is 0 Å². The van der Waals surface area contributed by atoms with E-state index in [1.807, 2.05) is 11.0 Å². The molecule has 6 nitrogen and oxygen atoms in total. The second-order valence-corrected chi connectivity index (χ2v) is 5.36. The summed E-state index contributed by atoms with van der Waals surface area (Å²) in [5, 5.41) is 3.29. The van der Waals surface area contributed by atoms with Gasteiger partial charge in [-0.15, -0.1) is 0 Å². The van der Waals surface area contributed by atoms with Gasteiger partial charge in [-0.1, -0.05) is 0 Å². The zero-order valence-corrected chi connectivity index (χ0v) is 11.7. The lowest BCUT2D eigenvalue weighted by molar-refractivity contribution is -0.132. The van der Waals surface area contributed by atoms with Gasteiger partial charge >= 0.3 is 0 Å². The van der Waals surface area contributed by atoms with Crippen molar-refractivity contribution in [1.82, 2.24) is 20.2 Å². The smallest absolute Gasteiger partial charge is 0.239 e. The molecule has 1 aromatic heterocycles. The minimum atomic E-state index is 0.0366. The van der Waals surface area contributed by atoms with Crippen molar-refractivity contribution in [3.05, 3.63) is 18.5 Å². The molecule has 6 heteroatoms. The van der Waals surface area contributed by atoms with Crippen LogP contribution in [0.15, 0.2) is 18.5 Å². The van der Waals surface area contributed by atoms with Crippen molar-refractivity contribution in [2.75, 3.05) is 37.6 Å². The lowest BCUT2D eigenvalue weighted by Crippen LogP contribution is -2.45. The monoisotopic (exact) mass is 275 g/mol. The van der Waals surface area contributed by atoms with Crippen LogP contribution in [0, 0.1) is 0 Å². The molecule has 0 radical (unpaired) electrons. The van der Waals surface area contributed by atoms with Crippen LogP contribution < -0.4 is 10.2 Å². The standard InChI is InChI=1S/C14H21N5O/c20-13(12-4-1-5-15-12)18-8-3-9-19(11-10-18)14-16-6-2-7-17-14/h2,6-7,12,15H,1,3-5,8-11H2. The average Bonchev–Trinajstić information content (AvgIpc) is 2.92. The lowest BCUT2D eigenvalue weighted by Gasteiger charge is -2.24. The van der Waals surface area contributed by atoms with E-state index in [2.05, 4.69) is 20.2 Å². The van der Waals surface area contributed by atoms with Gasteiger partial charge in [-0.3, -0.25) is 4.79 Å². The number of anilines is 1. The van der Waals surface area contributed by atoms with Crippen LogP contribution >= 0.6 is 0 Å². The van der Waals surface area contributed by atoms with E-state index in [0.717, 1.165) is 57.9 Å². The highest BCUT2D eigenvalue weighted by molar-refractivity contribution is 5.82. The average molecular weight is 275 g/mol. The van der Waals surface area contributed by atoms with E-state index in [9.17, 15) is 4.79 Å². The Bertz CT molecular complexity index is 446. The van der Waals surface area contributed by atoms with Crippen molar-refractivity contribution in [2.45, 2.75) is 25.3 Å². The third-order valence-corrected chi connectivity index (χ3v) is 4.00. The van der Waals surface area contributed by atoms with Crippen LogP contribution in [0.2, 0.25) is 0 Å². The molecule has 0 aliphatic carbocycles. The summed E-state index contributed by atoms with van der Waals surface area (Å²) in [7, 11) is 0. The van der Waals surface area contributed by atoms with Gasteiger partial charge in [-0.05, 0) is 31.9 Å². The summed E-state index contributed by atoms with van der Waals surface area (Å²) >= 11 is 0. The van der Waals surface area contributed by atoms with Crippen LogP contribution in [0.25, 0.3) is 0 Å². The van der Waals surface area contributed by atoms with Crippen molar-refractivity contribution < 1.29 is 4.79 Å². The van der Waals surface area contributed by atoms with E-state index in [0.29, 0.717) is 0 Å². The quantitative estimate of drug-likeness (QED) is 0.839. The number of hydrogen-bond acceptors (Lipinski definition) is 5. The van der Waals surface area contributed by atoms with E-state index in [-0.39, 0.29) is 11.9 Å².